The Balaban J connectivity index is 2.22. The Morgan fingerprint density at radius 1 is 1.32 bits per heavy atom. The molecule has 1 amide bonds. The largest absolute Gasteiger partial charge is 0.399 e. The number of carbonyl (C=O) groups is 1. The van der Waals surface area contributed by atoms with Gasteiger partial charge in [0.05, 0.1) is 23.4 Å². The Labute approximate surface area is 168 Å². The number of nitrogens with zero attached hydrogens (tertiary/aromatic N) is 4. The molecule has 1 aliphatic carbocycles. The molecule has 142 valence electrons. The number of fused-ring (bicyclic) bond motifs is 1. The molecule has 2 N–H and O–H groups in total. The van der Waals surface area contributed by atoms with Gasteiger partial charge in [-0.1, -0.05) is 26.8 Å². The number of carbonyl (C=O) groups excluding carboxylic acids is 1. The summed E-state index contributed by atoms with van der Waals surface area (Å²) in [5, 5.41) is 33.5. The summed E-state index contributed by atoms with van der Waals surface area (Å²) in [5.74, 6) is -0.906. The van der Waals surface area contributed by atoms with Crippen LogP contribution in [0.15, 0.2) is 39.7 Å². The van der Waals surface area contributed by atoms with E-state index >= 15 is 0 Å². The van der Waals surface area contributed by atoms with Gasteiger partial charge in [0.25, 0.3) is 0 Å². The van der Waals surface area contributed by atoms with E-state index in [9.17, 15) is 20.6 Å². The van der Waals surface area contributed by atoms with E-state index in [0.29, 0.717) is 13.1 Å². The SMILES string of the molecule is CC(C)(C)C(=O)N1CC=C2C(C#N)=C(N)C(C#N)(C#N)[C@H](c3ccsc3)[C@@H]2C1. The summed E-state index contributed by atoms with van der Waals surface area (Å²) in [6.07, 6.45) is 1.85. The molecule has 28 heavy (non-hydrogen) atoms. The van der Waals surface area contributed by atoms with Crippen LogP contribution in [0.5, 0.6) is 0 Å². The molecule has 2 atom stereocenters. The molecule has 2 aliphatic rings. The van der Waals surface area contributed by atoms with Crippen molar-refractivity contribution in [2.24, 2.45) is 22.5 Å². The number of thiophene rings is 1. The molecule has 1 aromatic rings. The first-order valence-corrected chi connectivity index (χ1v) is 9.90. The van der Waals surface area contributed by atoms with Crippen LogP contribution in [0.1, 0.15) is 32.3 Å². The fraction of sp³-hybridized carbons (Fsp3) is 0.429. The molecule has 0 radical (unpaired) electrons. The summed E-state index contributed by atoms with van der Waals surface area (Å²) in [7, 11) is 0. The van der Waals surface area contributed by atoms with Crippen LogP contribution in [0, 0.1) is 50.7 Å². The Bertz CT molecular complexity index is 978. The van der Waals surface area contributed by atoms with E-state index in [1.54, 1.807) is 4.90 Å². The van der Waals surface area contributed by atoms with Crippen LogP contribution in [0.3, 0.4) is 0 Å². The summed E-state index contributed by atoms with van der Waals surface area (Å²) in [4.78, 5) is 14.6. The lowest BCUT2D eigenvalue weighted by molar-refractivity contribution is -0.139. The summed E-state index contributed by atoms with van der Waals surface area (Å²) in [6.45, 7) is 6.30. The third-order valence-electron chi connectivity index (χ3n) is 5.50. The fourth-order valence-corrected chi connectivity index (χ4v) is 4.84. The second-order valence-corrected chi connectivity index (χ2v) is 8.97. The Morgan fingerprint density at radius 3 is 2.50 bits per heavy atom. The first-order valence-electron chi connectivity index (χ1n) is 8.96. The third-order valence-corrected chi connectivity index (χ3v) is 6.20. The van der Waals surface area contributed by atoms with Crippen LogP contribution in [0.2, 0.25) is 0 Å². The van der Waals surface area contributed by atoms with Crippen LogP contribution in [-0.2, 0) is 4.79 Å². The first kappa shape index (κ1) is 19.7. The highest BCUT2D eigenvalue weighted by Gasteiger charge is 2.55. The topological polar surface area (TPSA) is 118 Å². The zero-order valence-electron chi connectivity index (χ0n) is 16.1. The van der Waals surface area contributed by atoms with Gasteiger partial charge >= 0.3 is 0 Å². The van der Waals surface area contributed by atoms with Gasteiger partial charge in [0.15, 0.2) is 5.41 Å². The number of rotatable bonds is 1. The van der Waals surface area contributed by atoms with Crippen LogP contribution >= 0.6 is 11.3 Å². The first-order chi connectivity index (χ1) is 13.2. The van der Waals surface area contributed by atoms with Crippen molar-refractivity contribution in [3.8, 4) is 18.2 Å². The molecule has 1 aliphatic heterocycles. The number of amides is 1. The number of allylic oxidation sites excluding steroid dienone is 2. The third kappa shape index (κ3) is 2.78. The van der Waals surface area contributed by atoms with Crippen LogP contribution < -0.4 is 5.73 Å². The minimum atomic E-state index is -1.65. The molecule has 2 heterocycles. The highest BCUT2D eigenvalue weighted by atomic mass is 32.1. The van der Waals surface area contributed by atoms with Gasteiger partial charge in [0.2, 0.25) is 5.91 Å². The summed E-state index contributed by atoms with van der Waals surface area (Å²) < 4.78 is 0. The maximum Gasteiger partial charge on any atom is 0.228 e. The van der Waals surface area contributed by atoms with E-state index < -0.39 is 16.7 Å². The highest BCUT2D eigenvalue weighted by molar-refractivity contribution is 7.08. The van der Waals surface area contributed by atoms with Crippen molar-refractivity contribution in [1.29, 1.82) is 15.8 Å². The van der Waals surface area contributed by atoms with Gasteiger partial charge in [-0.2, -0.15) is 27.1 Å². The second-order valence-electron chi connectivity index (χ2n) is 8.19. The Hall–Kier alpha value is -3.08. The van der Waals surface area contributed by atoms with Gasteiger partial charge in [-0.05, 0) is 28.0 Å². The fourth-order valence-electron chi connectivity index (χ4n) is 4.15. The second kappa shape index (κ2) is 6.82. The highest BCUT2D eigenvalue weighted by Crippen LogP contribution is 2.54. The molecule has 0 unspecified atom stereocenters. The van der Waals surface area contributed by atoms with Gasteiger partial charge in [-0.3, -0.25) is 4.79 Å². The minimum absolute atomic E-state index is 0.00702. The molecule has 0 saturated carbocycles. The summed E-state index contributed by atoms with van der Waals surface area (Å²) in [5.41, 5.74) is 5.82. The average Bonchev–Trinajstić information content (AvgIpc) is 3.19. The Kier molecular flexibility index (Phi) is 4.79. The minimum Gasteiger partial charge on any atom is -0.399 e. The monoisotopic (exact) mass is 391 g/mol. The van der Waals surface area contributed by atoms with Crippen molar-refractivity contribution in [3.63, 3.8) is 0 Å². The standard InChI is InChI=1S/C21H21N5OS/c1-20(2,3)19(27)26-6-4-14-15(8-22)18(25)21(11-23,12-24)17(16(14)9-26)13-5-7-28-10-13/h4-5,7,10,16-17H,6,9,25H2,1-3H3/t16-,17-/m1/s1. The molecular formula is C21H21N5OS. The smallest absolute Gasteiger partial charge is 0.228 e. The number of hydrogen-bond donors (Lipinski definition) is 1. The molecule has 0 aromatic carbocycles. The van der Waals surface area contributed by atoms with E-state index in [1.807, 2.05) is 43.7 Å². The van der Waals surface area contributed by atoms with Crippen molar-refractivity contribution in [2.75, 3.05) is 13.1 Å². The maximum absolute atomic E-state index is 12.9. The summed E-state index contributed by atoms with van der Waals surface area (Å²) >= 11 is 1.47. The molecular weight excluding hydrogens is 370 g/mol. The number of hydrogen-bond acceptors (Lipinski definition) is 6. The summed E-state index contributed by atoms with van der Waals surface area (Å²) in [6, 6.07) is 8.19. The molecule has 0 fully saturated rings. The molecule has 0 bridgehead atoms. The maximum atomic E-state index is 12.9. The lowest BCUT2D eigenvalue weighted by Crippen LogP contribution is -2.51. The van der Waals surface area contributed by atoms with E-state index in [2.05, 4.69) is 18.2 Å². The zero-order chi connectivity index (χ0) is 20.7. The predicted octanol–water partition coefficient (Wildman–Crippen LogP) is 3.05. The quantitative estimate of drug-likeness (QED) is 0.789. The van der Waals surface area contributed by atoms with Crippen LogP contribution in [0.25, 0.3) is 0 Å². The molecule has 0 spiro atoms. The van der Waals surface area contributed by atoms with E-state index in [0.717, 1.165) is 11.1 Å². The van der Waals surface area contributed by atoms with Crippen molar-refractivity contribution in [2.45, 2.75) is 26.7 Å². The van der Waals surface area contributed by atoms with Crippen LogP contribution in [0.4, 0.5) is 0 Å². The Morgan fingerprint density at radius 2 is 2.00 bits per heavy atom. The van der Waals surface area contributed by atoms with Gasteiger partial charge in [0, 0.05) is 30.3 Å². The number of nitrogens with two attached hydrogens (primary N) is 1. The van der Waals surface area contributed by atoms with Crippen LogP contribution in [-0.4, -0.2) is 23.9 Å². The molecule has 3 rings (SSSR count). The molecule has 7 heteroatoms. The van der Waals surface area contributed by atoms with E-state index in [1.165, 1.54) is 11.3 Å². The zero-order valence-corrected chi connectivity index (χ0v) is 16.9. The van der Waals surface area contributed by atoms with Gasteiger partial charge < -0.3 is 10.6 Å². The lowest BCUT2D eigenvalue weighted by atomic mass is 9.58. The molecule has 0 saturated heterocycles. The average molecular weight is 392 g/mol. The van der Waals surface area contributed by atoms with Gasteiger partial charge in [-0.25, -0.2) is 0 Å². The van der Waals surface area contributed by atoms with Crippen molar-refractivity contribution in [3.05, 3.63) is 45.3 Å². The van der Waals surface area contributed by atoms with E-state index in [-0.39, 0.29) is 23.1 Å². The van der Waals surface area contributed by atoms with Gasteiger partial charge in [0.1, 0.15) is 6.07 Å². The predicted molar refractivity (Wildman–Crippen MR) is 105 cm³/mol. The van der Waals surface area contributed by atoms with E-state index in [4.69, 9.17) is 5.73 Å². The van der Waals surface area contributed by atoms with Crippen molar-refractivity contribution < 1.29 is 4.79 Å². The van der Waals surface area contributed by atoms with Crippen molar-refractivity contribution >= 4 is 17.2 Å². The molecule has 6 nitrogen and oxygen atoms in total. The van der Waals surface area contributed by atoms with Gasteiger partial charge in [-0.15, -0.1) is 0 Å². The van der Waals surface area contributed by atoms with Crippen molar-refractivity contribution in [1.82, 2.24) is 4.90 Å². The number of nitriles is 3. The normalized spacial score (nSPS) is 23.7. The lowest BCUT2D eigenvalue weighted by Gasteiger charge is -2.46. The molecule has 1 aromatic heterocycles.